The van der Waals surface area contributed by atoms with Crippen LogP contribution < -0.4 is 14.9 Å². The van der Waals surface area contributed by atoms with E-state index in [4.69, 9.17) is 0 Å². The van der Waals surface area contributed by atoms with Crippen LogP contribution >= 0.6 is 0 Å². The Bertz CT molecular complexity index is 1080. The van der Waals surface area contributed by atoms with Crippen LogP contribution in [0, 0.1) is 6.92 Å². The molecule has 0 saturated carbocycles. The molecule has 0 atom stereocenters. The van der Waals surface area contributed by atoms with E-state index in [0.717, 1.165) is 37.4 Å². The lowest BCUT2D eigenvalue weighted by Crippen LogP contribution is -2.45. The summed E-state index contributed by atoms with van der Waals surface area (Å²) in [6.07, 6.45) is 5.88. The summed E-state index contributed by atoms with van der Waals surface area (Å²) in [7, 11) is -3.64. The number of rotatable bonds is 5. The minimum atomic E-state index is -3.64. The third-order valence-electron chi connectivity index (χ3n) is 5.98. The number of aryl methyl sites for hydroxylation is 3. The van der Waals surface area contributed by atoms with E-state index in [2.05, 4.69) is 31.2 Å². The van der Waals surface area contributed by atoms with Crippen LogP contribution in [0.1, 0.15) is 49.4 Å². The summed E-state index contributed by atoms with van der Waals surface area (Å²) < 4.78 is 28.7. The first-order chi connectivity index (χ1) is 14.8. The number of nitrogens with zero attached hydrogens (tertiary/aromatic N) is 3. The zero-order valence-corrected chi connectivity index (χ0v) is 18.8. The van der Waals surface area contributed by atoms with E-state index in [1.807, 2.05) is 0 Å². The van der Waals surface area contributed by atoms with Gasteiger partial charge in [-0.1, -0.05) is 0 Å². The molecular weight excluding hydrogens is 414 g/mol. The lowest BCUT2D eigenvalue weighted by molar-refractivity contribution is -0.114. The fraction of sp³-hybridized carbons (Fsp3) is 0.500. The number of nitrogens with one attached hydrogen (secondary N) is 2. The zero-order valence-electron chi connectivity index (χ0n) is 18.0. The average Bonchev–Trinajstić information content (AvgIpc) is 2.73. The second kappa shape index (κ2) is 8.92. The van der Waals surface area contributed by atoms with Crippen LogP contribution in [0.25, 0.3) is 0 Å². The summed E-state index contributed by atoms with van der Waals surface area (Å²) in [6.45, 7) is 4.63. The highest BCUT2D eigenvalue weighted by Crippen LogP contribution is 2.25. The summed E-state index contributed by atoms with van der Waals surface area (Å²) in [5.74, 6) is 0.704. The van der Waals surface area contributed by atoms with Crippen LogP contribution in [-0.4, -0.2) is 43.7 Å². The lowest BCUT2D eigenvalue weighted by atomic mass is 9.96. The van der Waals surface area contributed by atoms with Gasteiger partial charge in [0, 0.05) is 31.7 Å². The van der Waals surface area contributed by atoms with Gasteiger partial charge in [-0.05, 0) is 80.8 Å². The zero-order chi connectivity index (χ0) is 22.0. The number of fused-ring (bicyclic) bond motifs is 1. The third kappa shape index (κ3) is 5.04. The average molecular weight is 444 g/mol. The van der Waals surface area contributed by atoms with Crippen molar-refractivity contribution in [3.8, 4) is 0 Å². The predicted molar refractivity (Wildman–Crippen MR) is 120 cm³/mol. The van der Waals surface area contributed by atoms with Gasteiger partial charge in [0.25, 0.3) is 0 Å². The smallest absolute Gasteiger partial charge is 0.241 e. The molecular formula is C22H29N5O3S. The minimum Gasteiger partial charge on any atom is -0.355 e. The van der Waals surface area contributed by atoms with E-state index in [-0.39, 0.29) is 16.8 Å². The van der Waals surface area contributed by atoms with Crippen molar-refractivity contribution < 1.29 is 13.2 Å². The first-order valence-corrected chi connectivity index (χ1v) is 12.3. The maximum absolute atomic E-state index is 12.9. The van der Waals surface area contributed by atoms with Gasteiger partial charge in [-0.3, -0.25) is 4.79 Å². The van der Waals surface area contributed by atoms with Crippen molar-refractivity contribution in [3.05, 3.63) is 41.1 Å². The maximum Gasteiger partial charge on any atom is 0.241 e. The molecule has 1 aromatic carbocycles. The number of piperidine rings is 1. The van der Waals surface area contributed by atoms with Gasteiger partial charge in [-0.15, -0.1) is 5.10 Å². The van der Waals surface area contributed by atoms with Crippen molar-refractivity contribution >= 4 is 27.4 Å². The Kier molecular flexibility index (Phi) is 6.24. The number of carbonyl (C=O) groups is 1. The normalized spacial score (nSPS) is 17.3. The van der Waals surface area contributed by atoms with Crippen molar-refractivity contribution in [2.24, 2.45) is 0 Å². The Labute approximate surface area is 183 Å². The van der Waals surface area contributed by atoms with Crippen LogP contribution in [0.2, 0.25) is 0 Å². The highest BCUT2D eigenvalue weighted by Gasteiger charge is 2.27. The molecule has 0 radical (unpaired) electrons. The van der Waals surface area contributed by atoms with Gasteiger partial charge in [-0.2, -0.15) is 5.10 Å². The molecule has 1 aliphatic heterocycles. The molecule has 2 aliphatic rings. The van der Waals surface area contributed by atoms with Gasteiger partial charge in [0.05, 0.1) is 10.6 Å². The first kappa shape index (κ1) is 21.7. The maximum atomic E-state index is 12.9. The van der Waals surface area contributed by atoms with Crippen LogP contribution in [0.3, 0.4) is 0 Å². The van der Waals surface area contributed by atoms with E-state index < -0.39 is 10.0 Å². The van der Waals surface area contributed by atoms with Gasteiger partial charge in [0.15, 0.2) is 5.82 Å². The second-order valence-electron chi connectivity index (χ2n) is 8.43. The number of aromatic nitrogens is 2. The Morgan fingerprint density at radius 2 is 1.84 bits per heavy atom. The Morgan fingerprint density at radius 3 is 2.55 bits per heavy atom. The number of anilines is 2. The van der Waals surface area contributed by atoms with Crippen molar-refractivity contribution in [2.45, 2.75) is 63.3 Å². The molecule has 0 bridgehead atoms. The molecule has 166 valence electrons. The van der Waals surface area contributed by atoms with Crippen LogP contribution in [0.15, 0.2) is 29.2 Å². The van der Waals surface area contributed by atoms with Crippen molar-refractivity contribution in [1.29, 1.82) is 0 Å². The molecule has 8 nitrogen and oxygen atoms in total. The minimum absolute atomic E-state index is 0.124. The molecule has 4 rings (SSSR count). The molecule has 1 amide bonds. The number of amides is 1. The standard InChI is InChI=1S/C22H29N5O3S/c1-15-13-19(23-16(2)28)7-8-21(15)31(29,30)26-18-9-11-27(12-10-18)22-14-17-5-3-4-6-20(17)24-25-22/h7-8,13-14,18,26H,3-6,9-12H2,1-2H3,(H,23,28). The fourth-order valence-electron chi connectivity index (χ4n) is 4.37. The topological polar surface area (TPSA) is 104 Å². The molecule has 1 fully saturated rings. The summed E-state index contributed by atoms with van der Waals surface area (Å²) in [5.41, 5.74) is 3.61. The van der Waals surface area contributed by atoms with Crippen LogP contribution in [-0.2, 0) is 27.7 Å². The molecule has 2 aromatic rings. The molecule has 1 aromatic heterocycles. The number of sulfonamides is 1. The van der Waals surface area contributed by atoms with E-state index in [1.165, 1.54) is 25.3 Å². The predicted octanol–water partition coefficient (Wildman–Crippen LogP) is 2.57. The lowest BCUT2D eigenvalue weighted by Gasteiger charge is -2.33. The largest absolute Gasteiger partial charge is 0.355 e. The highest BCUT2D eigenvalue weighted by atomic mass is 32.2. The fourth-order valence-corrected chi connectivity index (χ4v) is 5.91. The van der Waals surface area contributed by atoms with Gasteiger partial charge >= 0.3 is 0 Å². The monoisotopic (exact) mass is 443 g/mol. The number of hydrogen-bond donors (Lipinski definition) is 2. The van der Waals surface area contributed by atoms with Gasteiger partial charge < -0.3 is 10.2 Å². The summed E-state index contributed by atoms with van der Waals surface area (Å²) in [4.78, 5) is 13.6. The summed E-state index contributed by atoms with van der Waals surface area (Å²) in [5, 5.41) is 11.5. The van der Waals surface area contributed by atoms with Gasteiger partial charge in [0.2, 0.25) is 15.9 Å². The summed E-state index contributed by atoms with van der Waals surface area (Å²) >= 11 is 0. The van der Waals surface area contributed by atoms with E-state index in [9.17, 15) is 13.2 Å². The number of carbonyl (C=O) groups excluding carboxylic acids is 1. The Balaban J connectivity index is 1.38. The SMILES string of the molecule is CC(=O)Nc1ccc(S(=O)(=O)NC2CCN(c3cc4c(nn3)CCCC4)CC2)c(C)c1. The van der Waals surface area contributed by atoms with Crippen molar-refractivity contribution in [2.75, 3.05) is 23.3 Å². The third-order valence-corrected chi connectivity index (χ3v) is 7.66. The molecule has 0 unspecified atom stereocenters. The Hall–Kier alpha value is -2.52. The quantitative estimate of drug-likeness (QED) is 0.736. The first-order valence-electron chi connectivity index (χ1n) is 10.8. The molecule has 1 saturated heterocycles. The molecule has 0 spiro atoms. The van der Waals surface area contributed by atoms with Crippen LogP contribution in [0.4, 0.5) is 11.5 Å². The molecule has 2 heterocycles. The molecule has 2 N–H and O–H groups in total. The van der Waals surface area contributed by atoms with Crippen molar-refractivity contribution in [3.63, 3.8) is 0 Å². The van der Waals surface area contributed by atoms with E-state index >= 15 is 0 Å². The molecule has 1 aliphatic carbocycles. The Morgan fingerprint density at radius 1 is 1.10 bits per heavy atom. The second-order valence-corrected chi connectivity index (χ2v) is 10.1. The van der Waals surface area contributed by atoms with Crippen LogP contribution in [0.5, 0.6) is 0 Å². The highest BCUT2D eigenvalue weighted by molar-refractivity contribution is 7.89. The van der Waals surface area contributed by atoms with Crippen molar-refractivity contribution in [1.82, 2.24) is 14.9 Å². The summed E-state index contributed by atoms with van der Waals surface area (Å²) in [6, 6.07) is 6.86. The van der Waals surface area contributed by atoms with E-state index in [1.54, 1.807) is 25.1 Å². The number of benzene rings is 1. The number of hydrogen-bond acceptors (Lipinski definition) is 6. The molecule has 31 heavy (non-hydrogen) atoms. The van der Waals surface area contributed by atoms with Gasteiger partial charge in [-0.25, -0.2) is 13.1 Å². The van der Waals surface area contributed by atoms with Gasteiger partial charge in [0.1, 0.15) is 0 Å². The molecule has 9 heteroatoms. The van der Waals surface area contributed by atoms with E-state index in [0.29, 0.717) is 24.1 Å².